The highest BCUT2D eigenvalue weighted by atomic mass is 16.4. The van der Waals surface area contributed by atoms with Crippen molar-refractivity contribution >= 4 is 6.03 Å². The van der Waals surface area contributed by atoms with Crippen LogP contribution in [0, 0.1) is 5.92 Å². The molecule has 0 aromatic carbocycles. The molecule has 1 saturated carbocycles. The molecule has 0 bridgehead atoms. The van der Waals surface area contributed by atoms with Gasteiger partial charge in [-0.05, 0) is 56.7 Å². The molecular weight excluding hydrogens is 318 g/mol. The molecule has 1 aromatic heterocycles. The summed E-state index contributed by atoms with van der Waals surface area (Å²) in [5.74, 6) is 1.16. The van der Waals surface area contributed by atoms with E-state index in [1.165, 1.54) is 25.8 Å². The summed E-state index contributed by atoms with van der Waals surface area (Å²) in [6.45, 7) is 3.87. The van der Waals surface area contributed by atoms with Gasteiger partial charge in [-0.15, -0.1) is 0 Å². The van der Waals surface area contributed by atoms with Crippen molar-refractivity contribution in [1.82, 2.24) is 15.1 Å². The van der Waals surface area contributed by atoms with Gasteiger partial charge < -0.3 is 24.6 Å². The number of aliphatic hydroxyl groups excluding tert-OH is 1. The number of amides is 2. The van der Waals surface area contributed by atoms with E-state index in [4.69, 9.17) is 4.42 Å². The van der Waals surface area contributed by atoms with E-state index < -0.39 is 6.10 Å². The van der Waals surface area contributed by atoms with E-state index in [0.29, 0.717) is 18.1 Å². The fourth-order valence-corrected chi connectivity index (χ4v) is 4.34. The van der Waals surface area contributed by atoms with Gasteiger partial charge in [0.05, 0.1) is 6.26 Å². The Morgan fingerprint density at radius 3 is 2.96 bits per heavy atom. The molecule has 138 valence electrons. The summed E-state index contributed by atoms with van der Waals surface area (Å²) < 4.78 is 5.28. The largest absolute Gasteiger partial charge is 0.467 e. The van der Waals surface area contributed by atoms with Crippen molar-refractivity contribution in [2.45, 2.75) is 56.7 Å². The predicted molar refractivity (Wildman–Crippen MR) is 94.1 cm³/mol. The van der Waals surface area contributed by atoms with Crippen molar-refractivity contribution < 1.29 is 14.3 Å². The van der Waals surface area contributed by atoms with Crippen LogP contribution in [0.3, 0.4) is 0 Å². The standard InChI is InChI=1S/C19H29N3O3/c23-17(18-4-2-10-25-18)11-16-3-1-8-22(16)19(24)20-12-14-7-9-21(13-14)15-5-6-15/h2,4,10,14-17,23H,1,3,5-9,11-13H2,(H,20,24)/t14-,16+,17+/m0/s1. The minimum Gasteiger partial charge on any atom is -0.467 e. The third-order valence-corrected chi connectivity index (χ3v) is 5.93. The molecule has 2 saturated heterocycles. The Hall–Kier alpha value is -1.53. The molecule has 2 aliphatic heterocycles. The number of likely N-dealkylation sites (tertiary alicyclic amines) is 2. The molecule has 3 fully saturated rings. The van der Waals surface area contributed by atoms with E-state index in [1.54, 1.807) is 18.4 Å². The van der Waals surface area contributed by atoms with Gasteiger partial charge in [-0.25, -0.2) is 4.79 Å². The van der Waals surface area contributed by atoms with Crippen LogP contribution in [-0.2, 0) is 0 Å². The number of nitrogens with zero attached hydrogens (tertiary/aromatic N) is 2. The highest BCUT2D eigenvalue weighted by molar-refractivity contribution is 5.74. The van der Waals surface area contributed by atoms with Gasteiger partial charge in [0.2, 0.25) is 0 Å². The monoisotopic (exact) mass is 347 g/mol. The van der Waals surface area contributed by atoms with Crippen LogP contribution in [0.5, 0.6) is 0 Å². The molecule has 2 amide bonds. The van der Waals surface area contributed by atoms with Gasteiger partial charge in [-0.1, -0.05) is 0 Å². The highest BCUT2D eigenvalue weighted by Gasteiger charge is 2.35. The summed E-state index contributed by atoms with van der Waals surface area (Å²) in [5, 5.41) is 13.4. The lowest BCUT2D eigenvalue weighted by Crippen LogP contribution is -2.45. The molecule has 0 unspecified atom stereocenters. The van der Waals surface area contributed by atoms with Gasteiger partial charge in [0.25, 0.3) is 0 Å². The van der Waals surface area contributed by atoms with E-state index in [2.05, 4.69) is 10.2 Å². The third-order valence-electron chi connectivity index (χ3n) is 5.93. The zero-order chi connectivity index (χ0) is 17.2. The van der Waals surface area contributed by atoms with Crippen molar-refractivity contribution in [3.05, 3.63) is 24.2 Å². The maximum absolute atomic E-state index is 12.6. The number of urea groups is 1. The van der Waals surface area contributed by atoms with Gasteiger partial charge in [0.15, 0.2) is 0 Å². The second-order valence-electron chi connectivity index (χ2n) is 7.82. The molecule has 2 N–H and O–H groups in total. The fraction of sp³-hybridized carbons (Fsp3) is 0.737. The van der Waals surface area contributed by atoms with E-state index in [9.17, 15) is 9.90 Å². The van der Waals surface area contributed by atoms with Crippen molar-refractivity contribution in [1.29, 1.82) is 0 Å². The first kappa shape index (κ1) is 16.9. The van der Waals surface area contributed by atoms with Crippen LogP contribution in [-0.4, -0.2) is 59.2 Å². The van der Waals surface area contributed by atoms with Crippen LogP contribution in [0.4, 0.5) is 4.79 Å². The molecule has 0 radical (unpaired) electrons. The summed E-state index contributed by atoms with van der Waals surface area (Å²) in [5.41, 5.74) is 0. The molecule has 0 spiro atoms. The predicted octanol–water partition coefficient (Wildman–Crippen LogP) is 2.36. The minimum absolute atomic E-state index is 0.0269. The fourth-order valence-electron chi connectivity index (χ4n) is 4.34. The van der Waals surface area contributed by atoms with Crippen LogP contribution in [0.15, 0.2) is 22.8 Å². The van der Waals surface area contributed by atoms with Crippen LogP contribution in [0.25, 0.3) is 0 Å². The number of furan rings is 1. The molecule has 6 nitrogen and oxygen atoms in total. The van der Waals surface area contributed by atoms with Crippen molar-refractivity contribution in [2.75, 3.05) is 26.2 Å². The lowest BCUT2D eigenvalue weighted by atomic mass is 10.1. The summed E-state index contributed by atoms with van der Waals surface area (Å²) >= 11 is 0. The van der Waals surface area contributed by atoms with Crippen LogP contribution in [0.1, 0.15) is 50.4 Å². The highest BCUT2D eigenvalue weighted by Crippen LogP contribution is 2.31. The van der Waals surface area contributed by atoms with Crippen molar-refractivity contribution in [2.24, 2.45) is 5.92 Å². The Labute approximate surface area is 149 Å². The average Bonchev–Trinajstić information content (AvgIpc) is 3.06. The van der Waals surface area contributed by atoms with E-state index in [0.717, 1.165) is 38.5 Å². The minimum atomic E-state index is -0.643. The number of aliphatic hydroxyl groups is 1. The number of carbonyl (C=O) groups excluding carboxylic acids is 1. The quantitative estimate of drug-likeness (QED) is 0.829. The maximum Gasteiger partial charge on any atom is 0.317 e. The van der Waals surface area contributed by atoms with Gasteiger partial charge in [-0.2, -0.15) is 0 Å². The zero-order valence-electron chi connectivity index (χ0n) is 14.8. The Kier molecular flexibility index (Phi) is 4.99. The Bertz CT molecular complexity index is 572. The topological polar surface area (TPSA) is 69.0 Å². The lowest BCUT2D eigenvalue weighted by Gasteiger charge is -2.27. The number of carbonyl (C=O) groups is 1. The van der Waals surface area contributed by atoms with Gasteiger partial charge >= 0.3 is 6.03 Å². The summed E-state index contributed by atoms with van der Waals surface area (Å²) in [6, 6.07) is 4.51. The van der Waals surface area contributed by atoms with Gasteiger partial charge in [0.1, 0.15) is 11.9 Å². The van der Waals surface area contributed by atoms with Gasteiger partial charge in [0, 0.05) is 38.1 Å². The first-order valence-electron chi connectivity index (χ1n) is 9.70. The maximum atomic E-state index is 12.6. The molecule has 3 heterocycles. The third kappa shape index (κ3) is 4.01. The van der Waals surface area contributed by atoms with E-state index in [-0.39, 0.29) is 12.1 Å². The smallest absolute Gasteiger partial charge is 0.317 e. The molecule has 6 heteroatoms. The number of nitrogens with one attached hydrogen (secondary N) is 1. The summed E-state index contributed by atoms with van der Waals surface area (Å²) in [7, 11) is 0. The SMILES string of the molecule is O=C(NC[C@@H]1CCN(C2CC2)C1)N1CCC[C@@H]1C[C@@H](O)c1ccco1. The van der Waals surface area contributed by atoms with E-state index >= 15 is 0 Å². The Balaban J connectivity index is 1.24. The lowest BCUT2D eigenvalue weighted by molar-refractivity contribution is 0.107. The first-order chi connectivity index (χ1) is 12.2. The molecule has 3 atom stereocenters. The van der Waals surface area contributed by atoms with Crippen LogP contribution >= 0.6 is 0 Å². The summed E-state index contributed by atoms with van der Waals surface area (Å²) in [6.07, 6.45) is 7.32. The Morgan fingerprint density at radius 2 is 2.20 bits per heavy atom. The Morgan fingerprint density at radius 1 is 1.32 bits per heavy atom. The number of hydrogen-bond donors (Lipinski definition) is 2. The molecular formula is C19H29N3O3. The van der Waals surface area contributed by atoms with Crippen LogP contribution in [0.2, 0.25) is 0 Å². The molecule has 3 aliphatic rings. The normalized spacial score (nSPS) is 28.4. The van der Waals surface area contributed by atoms with Crippen molar-refractivity contribution in [3.8, 4) is 0 Å². The molecule has 25 heavy (non-hydrogen) atoms. The summed E-state index contributed by atoms with van der Waals surface area (Å²) in [4.78, 5) is 17.1. The number of hydrogen-bond acceptors (Lipinski definition) is 4. The van der Waals surface area contributed by atoms with E-state index in [1.807, 2.05) is 4.90 Å². The first-order valence-corrected chi connectivity index (χ1v) is 9.70. The van der Waals surface area contributed by atoms with Gasteiger partial charge in [-0.3, -0.25) is 0 Å². The zero-order valence-corrected chi connectivity index (χ0v) is 14.8. The molecule has 1 aromatic rings. The molecule has 4 rings (SSSR count). The number of rotatable bonds is 6. The second-order valence-corrected chi connectivity index (χ2v) is 7.82. The second kappa shape index (κ2) is 7.38. The van der Waals surface area contributed by atoms with Crippen molar-refractivity contribution in [3.63, 3.8) is 0 Å². The molecule has 1 aliphatic carbocycles. The van der Waals surface area contributed by atoms with Crippen LogP contribution < -0.4 is 5.32 Å². The average molecular weight is 347 g/mol.